The number of ether oxygens (including phenoxy) is 1. The number of carbonyl (C=O) groups excluding carboxylic acids is 1. The van der Waals surface area contributed by atoms with Gasteiger partial charge < -0.3 is 20.7 Å². The van der Waals surface area contributed by atoms with Crippen molar-refractivity contribution in [3.63, 3.8) is 0 Å². The summed E-state index contributed by atoms with van der Waals surface area (Å²) in [5.74, 6) is 0.351. The molecule has 5 atom stereocenters. The Balaban J connectivity index is 1.73. The van der Waals surface area contributed by atoms with Gasteiger partial charge in [0.2, 0.25) is 0 Å². The van der Waals surface area contributed by atoms with E-state index in [4.69, 9.17) is 24.0 Å². The van der Waals surface area contributed by atoms with Gasteiger partial charge in [0.05, 0.1) is 18.8 Å². The summed E-state index contributed by atoms with van der Waals surface area (Å²) in [5, 5.41) is 2.61. The minimum Gasteiger partial charge on any atom is -0.347 e. The minimum atomic E-state index is -3.72. The zero-order valence-electron chi connectivity index (χ0n) is 15.9. The Morgan fingerprint density at radius 1 is 1.52 bits per heavy atom. The van der Waals surface area contributed by atoms with Crippen LogP contribution in [0.4, 0.5) is 0 Å². The van der Waals surface area contributed by atoms with Crippen molar-refractivity contribution < 1.29 is 27.7 Å². The summed E-state index contributed by atoms with van der Waals surface area (Å²) in [6.07, 6.45) is 2.86. The van der Waals surface area contributed by atoms with E-state index in [1.165, 1.54) is 6.08 Å². The molecule has 3 heterocycles. The molecule has 0 bridgehead atoms. The van der Waals surface area contributed by atoms with Crippen LogP contribution in [0.15, 0.2) is 24.7 Å². The molecule has 0 aromatic carbocycles. The Kier molecular flexibility index (Phi) is 5.82. The van der Waals surface area contributed by atoms with Gasteiger partial charge in [-0.05, 0) is 12.8 Å². The third-order valence-electron chi connectivity index (χ3n) is 5.27. The van der Waals surface area contributed by atoms with Gasteiger partial charge in [0, 0.05) is 12.3 Å². The second-order valence-electron chi connectivity index (χ2n) is 7.30. The van der Waals surface area contributed by atoms with Crippen LogP contribution < -0.4 is 11.1 Å². The first-order valence-electron chi connectivity index (χ1n) is 9.18. The number of rotatable bonds is 6. The molecular weight excluding hydrogens is 373 g/mol. The van der Waals surface area contributed by atoms with E-state index in [1.807, 2.05) is 0 Å². The van der Waals surface area contributed by atoms with Gasteiger partial charge in [0.15, 0.2) is 6.23 Å². The number of hydrogen-bond donors (Lipinski definition) is 2. The standard InChI is InChI=1S/C17H28N3O6P/c1-5-12(6-2)9-23-27(22)24-10-13-15(26-27)17(4,18)16(25-13)20-8-7-14(21)19-11(20)3/h7-8,12-13,15-16H,3,5-6,9-10,18H2,1-2,4H3,(H,19,21)/t13-,15-,16-,17-,27+/m1/s1. The van der Waals surface area contributed by atoms with Crippen molar-refractivity contribution in [2.45, 2.75) is 57.6 Å². The molecule has 2 saturated heterocycles. The molecule has 3 aliphatic rings. The van der Waals surface area contributed by atoms with Crippen LogP contribution in [0.25, 0.3) is 0 Å². The lowest BCUT2D eigenvalue weighted by Crippen LogP contribution is -2.60. The number of nitrogens with zero attached hydrogens (tertiary/aromatic N) is 1. The number of phosphoric acid groups is 1. The lowest BCUT2D eigenvalue weighted by atomic mass is 9.93. The van der Waals surface area contributed by atoms with E-state index in [1.54, 1.807) is 18.0 Å². The Labute approximate surface area is 159 Å². The Morgan fingerprint density at radius 2 is 2.22 bits per heavy atom. The largest absolute Gasteiger partial charge is 0.475 e. The molecule has 3 N–H and O–H groups in total. The fraction of sp³-hybridized carbons (Fsp3) is 0.706. The molecule has 2 fully saturated rings. The molecule has 27 heavy (non-hydrogen) atoms. The molecule has 1 amide bonds. The number of hydrogen-bond acceptors (Lipinski definition) is 8. The summed E-state index contributed by atoms with van der Waals surface area (Å²) in [7, 11) is -3.72. The predicted molar refractivity (Wildman–Crippen MR) is 98.0 cm³/mol. The summed E-state index contributed by atoms with van der Waals surface area (Å²) >= 11 is 0. The monoisotopic (exact) mass is 401 g/mol. The highest BCUT2D eigenvalue weighted by molar-refractivity contribution is 7.48. The number of nitrogens with one attached hydrogen (secondary N) is 1. The first kappa shape index (κ1) is 20.5. The summed E-state index contributed by atoms with van der Waals surface area (Å²) < 4.78 is 35.6. The van der Waals surface area contributed by atoms with E-state index in [0.717, 1.165) is 12.8 Å². The van der Waals surface area contributed by atoms with Gasteiger partial charge in [-0.3, -0.25) is 18.4 Å². The third kappa shape index (κ3) is 3.99. The van der Waals surface area contributed by atoms with Crippen LogP contribution in [0.1, 0.15) is 33.6 Å². The second kappa shape index (κ2) is 7.66. The van der Waals surface area contributed by atoms with E-state index < -0.39 is 31.8 Å². The summed E-state index contributed by atoms with van der Waals surface area (Å²) in [4.78, 5) is 13.1. The molecule has 152 valence electrons. The number of amides is 1. The molecule has 3 aliphatic heterocycles. The van der Waals surface area contributed by atoms with Crippen LogP contribution in [0.2, 0.25) is 0 Å². The molecule has 0 saturated carbocycles. The fourth-order valence-electron chi connectivity index (χ4n) is 3.43. The summed E-state index contributed by atoms with van der Waals surface area (Å²) in [6, 6.07) is 0. The second-order valence-corrected chi connectivity index (χ2v) is 8.92. The smallest absolute Gasteiger partial charge is 0.347 e. The van der Waals surface area contributed by atoms with Crippen molar-refractivity contribution in [3.05, 3.63) is 24.7 Å². The number of phosphoric ester groups is 1. The lowest BCUT2D eigenvalue weighted by Gasteiger charge is -2.39. The van der Waals surface area contributed by atoms with Crippen LogP contribution >= 0.6 is 7.82 Å². The minimum absolute atomic E-state index is 0.0462. The van der Waals surface area contributed by atoms with Crippen molar-refractivity contribution in [2.24, 2.45) is 11.7 Å². The Bertz CT molecular complexity index is 678. The molecule has 0 aromatic heterocycles. The quantitative estimate of drug-likeness (QED) is 0.648. The average Bonchev–Trinajstić information content (AvgIpc) is 2.86. The molecule has 0 spiro atoms. The number of carbonyl (C=O) groups is 1. The van der Waals surface area contributed by atoms with Crippen LogP contribution in [-0.4, -0.2) is 48.0 Å². The van der Waals surface area contributed by atoms with Crippen LogP contribution in [0, 0.1) is 5.92 Å². The van der Waals surface area contributed by atoms with Gasteiger partial charge in [-0.15, -0.1) is 0 Å². The molecule has 0 aliphatic carbocycles. The summed E-state index contributed by atoms with van der Waals surface area (Å²) in [6.45, 7) is 10.0. The molecule has 0 unspecified atom stereocenters. The Hall–Kier alpha value is -1.22. The molecule has 0 aromatic rings. The van der Waals surface area contributed by atoms with Gasteiger partial charge in [-0.2, -0.15) is 0 Å². The van der Waals surface area contributed by atoms with Crippen molar-refractivity contribution in [1.29, 1.82) is 0 Å². The van der Waals surface area contributed by atoms with Gasteiger partial charge >= 0.3 is 7.82 Å². The maximum atomic E-state index is 12.9. The highest BCUT2D eigenvalue weighted by Crippen LogP contribution is 2.57. The zero-order chi connectivity index (χ0) is 19.8. The molecule has 10 heteroatoms. The van der Waals surface area contributed by atoms with E-state index >= 15 is 0 Å². The van der Waals surface area contributed by atoms with Crippen LogP contribution in [-0.2, 0) is 27.7 Å². The number of fused-ring (bicyclic) bond motifs is 1. The normalized spacial score (nSPS) is 39.0. The predicted octanol–water partition coefficient (Wildman–Crippen LogP) is 1.82. The topological polar surface area (TPSA) is 112 Å². The average molecular weight is 401 g/mol. The van der Waals surface area contributed by atoms with Crippen molar-refractivity contribution >= 4 is 13.7 Å². The van der Waals surface area contributed by atoms with E-state index in [9.17, 15) is 9.36 Å². The summed E-state index contributed by atoms with van der Waals surface area (Å²) in [5.41, 5.74) is 5.48. The molecule has 9 nitrogen and oxygen atoms in total. The van der Waals surface area contributed by atoms with Gasteiger partial charge in [-0.1, -0.05) is 33.3 Å². The highest BCUT2D eigenvalue weighted by Gasteiger charge is 2.60. The van der Waals surface area contributed by atoms with E-state index in [-0.39, 0.29) is 18.4 Å². The Morgan fingerprint density at radius 3 is 2.85 bits per heavy atom. The van der Waals surface area contributed by atoms with Crippen LogP contribution in [0.3, 0.4) is 0 Å². The fourth-order valence-corrected chi connectivity index (χ4v) is 4.99. The van der Waals surface area contributed by atoms with Crippen molar-refractivity contribution in [2.75, 3.05) is 13.2 Å². The molecule has 0 radical (unpaired) electrons. The lowest BCUT2D eigenvalue weighted by molar-refractivity contribution is -0.118. The van der Waals surface area contributed by atoms with E-state index in [0.29, 0.717) is 12.4 Å². The van der Waals surface area contributed by atoms with Gasteiger partial charge in [0.1, 0.15) is 18.0 Å². The molecular formula is C17H28N3O6P. The maximum absolute atomic E-state index is 12.9. The van der Waals surface area contributed by atoms with Crippen molar-refractivity contribution in [1.82, 2.24) is 10.2 Å². The number of nitrogens with two attached hydrogens (primary N) is 1. The maximum Gasteiger partial charge on any atom is 0.475 e. The SMILES string of the molecule is C=C1NC(=O)C=CN1[C@@H]1O[C@@H]2CO[P@](=O)(OCC(CC)CC)O[C@H]2[C@@]1(C)N. The first-order valence-corrected chi connectivity index (χ1v) is 10.6. The van der Waals surface area contributed by atoms with Gasteiger partial charge in [-0.25, -0.2) is 4.57 Å². The zero-order valence-corrected chi connectivity index (χ0v) is 16.8. The van der Waals surface area contributed by atoms with Crippen LogP contribution in [0.5, 0.6) is 0 Å². The third-order valence-corrected chi connectivity index (χ3v) is 6.68. The van der Waals surface area contributed by atoms with Crippen molar-refractivity contribution in [3.8, 4) is 0 Å². The highest BCUT2D eigenvalue weighted by atomic mass is 31.2. The van der Waals surface area contributed by atoms with Gasteiger partial charge in [0.25, 0.3) is 5.91 Å². The molecule has 3 rings (SSSR count). The van der Waals surface area contributed by atoms with E-state index in [2.05, 4.69) is 25.7 Å². The first-order chi connectivity index (χ1) is 12.7.